The minimum Gasteiger partial charge on any atom is -0.314 e. The lowest BCUT2D eigenvalue weighted by molar-refractivity contribution is -0.107. The van der Waals surface area contributed by atoms with Gasteiger partial charge >= 0.3 is 0 Å². The van der Waals surface area contributed by atoms with Crippen molar-refractivity contribution in [2.75, 3.05) is 52.4 Å². The molecular formula is C17H32N4. The molecule has 0 amide bonds. The molecule has 4 rings (SSSR count). The van der Waals surface area contributed by atoms with Gasteiger partial charge in [-0.15, -0.1) is 0 Å². The SMILES string of the molecule is CC(C)(C)N1CC2(CCN(C3CN(C4CNC4)C3)CC2)C1. The summed E-state index contributed by atoms with van der Waals surface area (Å²) in [6, 6.07) is 1.71. The van der Waals surface area contributed by atoms with Gasteiger partial charge in [-0.3, -0.25) is 14.7 Å². The Morgan fingerprint density at radius 2 is 1.52 bits per heavy atom. The number of nitrogens with one attached hydrogen (secondary N) is 1. The molecule has 0 radical (unpaired) electrons. The van der Waals surface area contributed by atoms with Gasteiger partial charge in [-0.1, -0.05) is 0 Å². The quantitative estimate of drug-likeness (QED) is 0.814. The van der Waals surface area contributed by atoms with Crippen molar-refractivity contribution in [3.05, 3.63) is 0 Å². The molecular weight excluding hydrogens is 260 g/mol. The van der Waals surface area contributed by atoms with Crippen LogP contribution in [0.1, 0.15) is 33.6 Å². The Labute approximate surface area is 129 Å². The highest BCUT2D eigenvalue weighted by atomic mass is 15.4. The average Bonchev–Trinajstić information content (AvgIpc) is 2.27. The molecule has 0 bridgehead atoms. The minimum absolute atomic E-state index is 0.369. The van der Waals surface area contributed by atoms with Crippen LogP contribution in [0, 0.1) is 5.41 Å². The van der Waals surface area contributed by atoms with Crippen molar-refractivity contribution >= 4 is 0 Å². The fourth-order valence-electron chi connectivity index (χ4n) is 4.47. The van der Waals surface area contributed by atoms with Crippen LogP contribution in [0.4, 0.5) is 0 Å². The molecule has 0 unspecified atom stereocenters. The molecule has 1 N–H and O–H groups in total. The smallest absolute Gasteiger partial charge is 0.0350 e. The first-order valence-corrected chi connectivity index (χ1v) is 8.89. The summed E-state index contributed by atoms with van der Waals surface area (Å²) in [5.74, 6) is 0. The van der Waals surface area contributed by atoms with E-state index in [9.17, 15) is 0 Å². The molecule has 4 heterocycles. The van der Waals surface area contributed by atoms with Crippen molar-refractivity contribution in [2.45, 2.75) is 51.2 Å². The summed E-state index contributed by atoms with van der Waals surface area (Å²) in [6.07, 6.45) is 2.86. The van der Waals surface area contributed by atoms with Crippen LogP contribution in [-0.4, -0.2) is 84.7 Å². The lowest BCUT2D eigenvalue weighted by Crippen LogP contribution is -2.71. The van der Waals surface area contributed by atoms with E-state index in [1.54, 1.807) is 0 Å². The first-order chi connectivity index (χ1) is 9.95. The van der Waals surface area contributed by atoms with Crippen LogP contribution >= 0.6 is 0 Å². The maximum absolute atomic E-state index is 3.39. The predicted octanol–water partition coefficient (Wildman–Crippen LogP) is 0.839. The summed E-state index contributed by atoms with van der Waals surface area (Å²) < 4.78 is 0. The number of rotatable bonds is 2. The molecule has 0 aliphatic carbocycles. The van der Waals surface area contributed by atoms with Crippen LogP contribution < -0.4 is 5.32 Å². The zero-order valence-electron chi connectivity index (χ0n) is 14.1. The zero-order chi connectivity index (χ0) is 14.7. The van der Waals surface area contributed by atoms with Crippen molar-refractivity contribution in [1.82, 2.24) is 20.0 Å². The van der Waals surface area contributed by atoms with Crippen molar-refractivity contribution in [3.63, 3.8) is 0 Å². The van der Waals surface area contributed by atoms with Gasteiger partial charge in [-0.05, 0) is 52.1 Å². The number of nitrogens with zero attached hydrogens (tertiary/aromatic N) is 3. The molecule has 0 aromatic rings. The van der Waals surface area contributed by atoms with E-state index >= 15 is 0 Å². The van der Waals surface area contributed by atoms with Gasteiger partial charge in [-0.2, -0.15) is 0 Å². The summed E-state index contributed by atoms with van der Waals surface area (Å²) in [5.41, 5.74) is 1.04. The van der Waals surface area contributed by atoms with Gasteiger partial charge in [-0.25, -0.2) is 0 Å². The minimum atomic E-state index is 0.369. The summed E-state index contributed by atoms with van der Waals surface area (Å²) in [6.45, 7) is 17.5. The molecule has 4 aliphatic rings. The fraction of sp³-hybridized carbons (Fsp3) is 1.00. The van der Waals surface area contributed by atoms with Crippen molar-refractivity contribution in [1.29, 1.82) is 0 Å². The van der Waals surface area contributed by atoms with Crippen molar-refractivity contribution in [2.24, 2.45) is 5.41 Å². The Morgan fingerprint density at radius 1 is 0.905 bits per heavy atom. The van der Waals surface area contributed by atoms with E-state index in [0.717, 1.165) is 12.1 Å². The van der Waals surface area contributed by atoms with E-state index in [2.05, 4.69) is 40.8 Å². The second-order valence-electron chi connectivity index (χ2n) is 8.98. The van der Waals surface area contributed by atoms with Gasteiger partial charge in [0.1, 0.15) is 0 Å². The average molecular weight is 292 g/mol. The molecule has 1 spiro atoms. The first-order valence-electron chi connectivity index (χ1n) is 8.89. The van der Waals surface area contributed by atoms with Crippen LogP contribution in [0.25, 0.3) is 0 Å². The third kappa shape index (κ3) is 2.54. The Balaban J connectivity index is 1.22. The largest absolute Gasteiger partial charge is 0.314 e. The predicted molar refractivity (Wildman–Crippen MR) is 86.6 cm³/mol. The topological polar surface area (TPSA) is 21.8 Å². The van der Waals surface area contributed by atoms with Crippen LogP contribution in [-0.2, 0) is 0 Å². The molecule has 4 heteroatoms. The van der Waals surface area contributed by atoms with Gasteiger partial charge in [0, 0.05) is 56.9 Å². The van der Waals surface area contributed by atoms with Crippen LogP contribution in [0.3, 0.4) is 0 Å². The summed E-state index contributed by atoms with van der Waals surface area (Å²) in [4.78, 5) is 8.13. The first kappa shape index (κ1) is 14.4. The van der Waals surface area contributed by atoms with Gasteiger partial charge in [0.15, 0.2) is 0 Å². The normalized spacial score (nSPS) is 32.7. The maximum atomic E-state index is 3.39. The lowest BCUT2D eigenvalue weighted by Gasteiger charge is -2.60. The van der Waals surface area contributed by atoms with E-state index in [4.69, 9.17) is 0 Å². The van der Waals surface area contributed by atoms with Crippen LogP contribution in [0.5, 0.6) is 0 Å². The summed E-state index contributed by atoms with van der Waals surface area (Å²) in [7, 11) is 0. The number of hydrogen-bond donors (Lipinski definition) is 1. The number of hydrogen-bond acceptors (Lipinski definition) is 4. The summed E-state index contributed by atoms with van der Waals surface area (Å²) >= 11 is 0. The maximum Gasteiger partial charge on any atom is 0.0350 e. The Bertz CT molecular complexity index is 376. The standard InChI is InChI=1S/C17H32N4/c1-16(2,3)21-12-17(13-21)4-6-19(7-5-17)15-10-20(11-15)14-8-18-9-14/h14-15,18H,4-13H2,1-3H3. The highest BCUT2D eigenvalue weighted by Gasteiger charge is 2.49. The van der Waals surface area contributed by atoms with Crippen LogP contribution in [0.2, 0.25) is 0 Å². The highest BCUT2D eigenvalue weighted by molar-refractivity contribution is 5.04. The van der Waals surface area contributed by atoms with Gasteiger partial charge in [0.05, 0.1) is 0 Å². The molecule has 0 aromatic heterocycles. The molecule has 4 fully saturated rings. The van der Waals surface area contributed by atoms with E-state index in [1.807, 2.05) is 0 Å². The Kier molecular flexibility index (Phi) is 3.38. The Morgan fingerprint density at radius 3 is 2.00 bits per heavy atom. The van der Waals surface area contributed by atoms with E-state index < -0.39 is 0 Å². The number of piperidine rings is 1. The molecule has 0 aromatic carbocycles. The highest BCUT2D eigenvalue weighted by Crippen LogP contribution is 2.44. The second kappa shape index (κ2) is 4.92. The monoisotopic (exact) mass is 292 g/mol. The van der Waals surface area contributed by atoms with E-state index in [1.165, 1.54) is 65.2 Å². The van der Waals surface area contributed by atoms with E-state index in [-0.39, 0.29) is 0 Å². The van der Waals surface area contributed by atoms with E-state index in [0.29, 0.717) is 11.0 Å². The second-order valence-corrected chi connectivity index (χ2v) is 8.98. The zero-order valence-corrected chi connectivity index (χ0v) is 14.1. The van der Waals surface area contributed by atoms with Gasteiger partial charge < -0.3 is 5.32 Å². The number of likely N-dealkylation sites (tertiary alicyclic amines) is 3. The molecule has 4 saturated heterocycles. The third-order valence-electron chi connectivity index (χ3n) is 6.54. The van der Waals surface area contributed by atoms with Crippen molar-refractivity contribution in [3.8, 4) is 0 Å². The lowest BCUT2D eigenvalue weighted by atomic mass is 9.70. The van der Waals surface area contributed by atoms with Crippen molar-refractivity contribution < 1.29 is 0 Å². The van der Waals surface area contributed by atoms with Gasteiger partial charge in [0.25, 0.3) is 0 Å². The van der Waals surface area contributed by atoms with Crippen LogP contribution in [0.15, 0.2) is 0 Å². The molecule has 0 saturated carbocycles. The Hall–Kier alpha value is -0.160. The molecule has 0 atom stereocenters. The fourth-order valence-corrected chi connectivity index (χ4v) is 4.47. The molecule has 4 nitrogen and oxygen atoms in total. The molecule has 120 valence electrons. The van der Waals surface area contributed by atoms with Gasteiger partial charge in [0.2, 0.25) is 0 Å². The molecule has 21 heavy (non-hydrogen) atoms. The third-order valence-corrected chi connectivity index (χ3v) is 6.54. The molecule has 4 aliphatic heterocycles. The summed E-state index contributed by atoms with van der Waals surface area (Å²) in [5, 5.41) is 3.39.